The van der Waals surface area contributed by atoms with Crippen LogP contribution in [0.25, 0.3) is 0 Å². The van der Waals surface area contributed by atoms with Gasteiger partial charge in [-0.05, 0) is 25.5 Å². The van der Waals surface area contributed by atoms with Gasteiger partial charge in [0.05, 0.1) is 12.1 Å². The van der Waals surface area contributed by atoms with Gasteiger partial charge < -0.3 is 10.5 Å². The van der Waals surface area contributed by atoms with Crippen molar-refractivity contribution in [2.24, 2.45) is 5.73 Å². The smallest absolute Gasteiger partial charge is 0.252 e. The molecular formula is C11H18N2O3S2. The molecule has 18 heavy (non-hydrogen) atoms. The predicted octanol–water partition coefficient (Wildman–Crippen LogP) is 1.00. The Kier molecular flexibility index (Phi) is 4.08. The summed E-state index contributed by atoms with van der Waals surface area (Å²) in [6.45, 7) is 2.89. The van der Waals surface area contributed by atoms with Gasteiger partial charge in [-0.15, -0.1) is 11.3 Å². The van der Waals surface area contributed by atoms with Gasteiger partial charge in [-0.1, -0.05) is 0 Å². The lowest BCUT2D eigenvalue weighted by Gasteiger charge is -2.25. The molecule has 2 unspecified atom stereocenters. The summed E-state index contributed by atoms with van der Waals surface area (Å²) in [6, 6.07) is 3.30. The highest BCUT2D eigenvalue weighted by atomic mass is 32.2. The summed E-state index contributed by atoms with van der Waals surface area (Å²) in [6.07, 6.45) is 0.685. The zero-order chi connectivity index (χ0) is 13.3. The molecule has 7 heteroatoms. The molecule has 2 heterocycles. The van der Waals surface area contributed by atoms with Gasteiger partial charge in [0.2, 0.25) is 0 Å². The van der Waals surface area contributed by atoms with E-state index < -0.39 is 10.0 Å². The number of hydrogen-bond acceptors (Lipinski definition) is 5. The maximum atomic E-state index is 12.4. The van der Waals surface area contributed by atoms with Gasteiger partial charge in [0.25, 0.3) is 10.0 Å². The summed E-state index contributed by atoms with van der Waals surface area (Å²) in [5, 5.41) is 0. The monoisotopic (exact) mass is 290 g/mol. The van der Waals surface area contributed by atoms with Crippen LogP contribution in [-0.2, 0) is 21.3 Å². The minimum Gasteiger partial charge on any atom is -0.377 e. The largest absolute Gasteiger partial charge is 0.377 e. The van der Waals surface area contributed by atoms with Gasteiger partial charge in [-0.2, -0.15) is 4.31 Å². The van der Waals surface area contributed by atoms with E-state index in [0.29, 0.717) is 17.4 Å². The van der Waals surface area contributed by atoms with Crippen LogP contribution in [0.4, 0.5) is 0 Å². The van der Waals surface area contributed by atoms with E-state index in [1.54, 1.807) is 19.2 Å². The predicted molar refractivity (Wildman–Crippen MR) is 71.0 cm³/mol. The third kappa shape index (κ3) is 2.46. The Morgan fingerprint density at radius 3 is 2.78 bits per heavy atom. The second-order valence-corrected chi connectivity index (χ2v) is 7.77. The number of rotatable bonds is 4. The van der Waals surface area contributed by atoms with Crippen LogP contribution in [0.15, 0.2) is 16.3 Å². The van der Waals surface area contributed by atoms with Gasteiger partial charge >= 0.3 is 0 Å². The fraction of sp³-hybridized carbons (Fsp3) is 0.636. The van der Waals surface area contributed by atoms with Crippen molar-refractivity contribution in [3.05, 3.63) is 17.0 Å². The fourth-order valence-electron chi connectivity index (χ4n) is 2.12. The van der Waals surface area contributed by atoms with Gasteiger partial charge in [0.1, 0.15) is 4.21 Å². The highest BCUT2D eigenvalue weighted by Crippen LogP contribution is 2.28. The minimum absolute atomic E-state index is 0.0567. The molecule has 102 valence electrons. The molecule has 0 spiro atoms. The first-order chi connectivity index (χ1) is 8.46. The summed E-state index contributed by atoms with van der Waals surface area (Å²) in [7, 11) is -1.81. The highest BCUT2D eigenvalue weighted by molar-refractivity contribution is 7.91. The molecular weight excluding hydrogens is 272 g/mol. The van der Waals surface area contributed by atoms with E-state index in [0.717, 1.165) is 11.3 Å². The Morgan fingerprint density at radius 2 is 2.28 bits per heavy atom. The van der Waals surface area contributed by atoms with Crippen molar-refractivity contribution in [1.82, 2.24) is 4.31 Å². The average Bonchev–Trinajstić information content (AvgIpc) is 2.96. The molecule has 0 aromatic carbocycles. The third-order valence-electron chi connectivity index (χ3n) is 3.27. The first-order valence-electron chi connectivity index (χ1n) is 5.85. The average molecular weight is 290 g/mol. The van der Waals surface area contributed by atoms with Gasteiger partial charge in [-0.3, -0.25) is 0 Å². The number of hydrogen-bond donors (Lipinski definition) is 1. The van der Waals surface area contributed by atoms with Crippen molar-refractivity contribution in [3.8, 4) is 0 Å². The third-order valence-corrected chi connectivity index (χ3v) is 6.73. The van der Waals surface area contributed by atoms with Crippen LogP contribution in [0.2, 0.25) is 0 Å². The zero-order valence-electron chi connectivity index (χ0n) is 10.5. The van der Waals surface area contributed by atoms with Crippen LogP contribution in [0, 0.1) is 0 Å². The quantitative estimate of drug-likeness (QED) is 0.898. The lowest BCUT2D eigenvalue weighted by atomic mass is 10.2. The molecule has 2 rings (SSSR count). The molecule has 0 aliphatic carbocycles. The minimum atomic E-state index is -3.43. The van der Waals surface area contributed by atoms with E-state index in [4.69, 9.17) is 10.5 Å². The summed E-state index contributed by atoms with van der Waals surface area (Å²) in [5.74, 6) is 0. The van der Waals surface area contributed by atoms with Crippen LogP contribution >= 0.6 is 11.3 Å². The van der Waals surface area contributed by atoms with E-state index in [-0.39, 0.29) is 12.1 Å². The molecule has 2 atom stereocenters. The Bertz CT molecular complexity index is 512. The summed E-state index contributed by atoms with van der Waals surface area (Å²) in [4.78, 5) is 0.873. The SMILES string of the molecule is CC1OCCC1N(C)S(=O)(=O)c1ccc(CN)s1. The summed E-state index contributed by atoms with van der Waals surface area (Å²) < 4.78 is 32.1. The lowest BCUT2D eigenvalue weighted by molar-refractivity contribution is 0.102. The van der Waals surface area contributed by atoms with Crippen LogP contribution in [-0.4, -0.2) is 38.5 Å². The fourth-order valence-corrected chi connectivity index (χ4v) is 4.99. The van der Waals surface area contributed by atoms with Crippen molar-refractivity contribution in [1.29, 1.82) is 0 Å². The van der Waals surface area contributed by atoms with Crippen molar-refractivity contribution >= 4 is 21.4 Å². The Morgan fingerprint density at radius 1 is 1.56 bits per heavy atom. The topological polar surface area (TPSA) is 72.6 Å². The number of likely N-dealkylation sites (N-methyl/N-ethyl adjacent to an activating group) is 1. The molecule has 0 saturated carbocycles. The van der Waals surface area contributed by atoms with Crippen molar-refractivity contribution in [2.75, 3.05) is 13.7 Å². The van der Waals surface area contributed by atoms with Gasteiger partial charge in [0, 0.05) is 25.1 Å². The number of nitrogens with zero attached hydrogens (tertiary/aromatic N) is 1. The molecule has 0 amide bonds. The van der Waals surface area contributed by atoms with Gasteiger partial charge in [-0.25, -0.2) is 8.42 Å². The molecule has 1 saturated heterocycles. The van der Waals surface area contributed by atoms with Crippen LogP contribution in [0.1, 0.15) is 18.2 Å². The van der Waals surface area contributed by atoms with Crippen molar-refractivity contribution < 1.29 is 13.2 Å². The van der Waals surface area contributed by atoms with E-state index in [9.17, 15) is 8.42 Å². The molecule has 1 aromatic rings. The van der Waals surface area contributed by atoms with Crippen molar-refractivity contribution in [2.45, 2.75) is 36.2 Å². The van der Waals surface area contributed by atoms with Crippen LogP contribution in [0.3, 0.4) is 0 Å². The summed E-state index contributed by atoms with van der Waals surface area (Å²) >= 11 is 1.23. The van der Waals surface area contributed by atoms with Gasteiger partial charge in [0.15, 0.2) is 0 Å². The second-order valence-electron chi connectivity index (χ2n) is 4.38. The van der Waals surface area contributed by atoms with Crippen LogP contribution < -0.4 is 5.73 Å². The molecule has 1 aromatic heterocycles. The maximum Gasteiger partial charge on any atom is 0.252 e. The highest BCUT2D eigenvalue weighted by Gasteiger charge is 2.35. The van der Waals surface area contributed by atoms with E-state index >= 15 is 0 Å². The summed E-state index contributed by atoms with van der Waals surface area (Å²) in [5.41, 5.74) is 5.51. The Labute approximate surface area is 112 Å². The molecule has 1 fully saturated rings. The standard InChI is InChI=1S/C11H18N2O3S2/c1-8-10(5-6-16-8)13(2)18(14,15)11-4-3-9(7-12)17-11/h3-4,8,10H,5-7,12H2,1-2H3. The first-order valence-corrected chi connectivity index (χ1v) is 8.11. The van der Waals surface area contributed by atoms with Crippen molar-refractivity contribution in [3.63, 3.8) is 0 Å². The van der Waals surface area contributed by atoms with E-state index in [1.165, 1.54) is 15.6 Å². The lowest BCUT2D eigenvalue weighted by Crippen LogP contribution is -2.40. The zero-order valence-corrected chi connectivity index (χ0v) is 12.1. The molecule has 2 N–H and O–H groups in total. The Hall–Kier alpha value is -0.470. The Balaban J connectivity index is 2.24. The van der Waals surface area contributed by atoms with E-state index in [1.807, 2.05) is 6.92 Å². The number of sulfonamides is 1. The second kappa shape index (κ2) is 5.26. The van der Waals surface area contributed by atoms with Crippen LogP contribution in [0.5, 0.6) is 0 Å². The molecule has 0 radical (unpaired) electrons. The number of ether oxygens (including phenoxy) is 1. The molecule has 0 bridgehead atoms. The number of nitrogens with two attached hydrogens (primary N) is 1. The normalized spacial score (nSPS) is 24.9. The maximum absolute atomic E-state index is 12.4. The number of thiophene rings is 1. The molecule has 5 nitrogen and oxygen atoms in total. The molecule has 1 aliphatic rings. The molecule has 1 aliphatic heterocycles. The first kappa shape index (κ1) is 14.0. The van der Waals surface area contributed by atoms with E-state index in [2.05, 4.69) is 0 Å².